The number of carbonyl (C=O) groups is 1. The fourth-order valence-electron chi connectivity index (χ4n) is 3.51. The maximum Gasteiger partial charge on any atom is 0.338 e. The molecule has 0 fully saturated rings. The van der Waals surface area contributed by atoms with Crippen LogP contribution in [0.4, 0.5) is 11.5 Å². The smallest absolute Gasteiger partial charge is 0.338 e. The number of halogens is 1. The van der Waals surface area contributed by atoms with Crippen molar-refractivity contribution < 1.29 is 14.3 Å². The molecule has 1 aliphatic carbocycles. The van der Waals surface area contributed by atoms with Gasteiger partial charge in [0.1, 0.15) is 11.6 Å². The number of aromatic nitrogens is 2. The largest absolute Gasteiger partial charge is 0.495 e. The molecular formula is C23H22ClN3O3. The van der Waals surface area contributed by atoms with E-state index >= 15 is 0 Å². The zero-order valence-corrected chi connectivity index (χ0v) is 17.6. The first kappa shape index (κ1) is 20.2. The first-order valence-corrected chi connectivity index (χ1v) is 10.2. The number of nitrogens with zero attached hydrogens (tertiary/aromatic N) is 2. The van der Waals surface area contributed by atoms with Crippen LogP contribution in [0, 0.1) is 0 Å². The van der Waals surface area contributed by atoms with E-state index in [2.05, 4.69) is 5.32 Å². The average molecular weight is 424 g/mol. The summed E-state index contributed by atoms with van der Waals surface area (Å²) in [6, 6.07) is 12.7. The number of fused-ring (bicyclic) bond motifs is 1. The van der Waals surface area contributed by atoms with Gasteiger partial charge in [-0.1, -0.05) is 11.6 Å². The lowest BCUT2D eigenvalue weighted by Crippen LogP contribution is -2.06. The van der Waals surface area contributed by atoms with Crippen molar-refractivity contribution in [2.45, 2.75) is 26.2 Å². The summed E-state index contributed by atoms with van der Waals surface area (Å²) in [4.78, 5) is 21.4. The van der Waals surface area contributed by atoms with Gasteiger partial charge in [-0.25, -0.2) is 14.8 Å². The second-order valence-corrected chi connectivity index (χ2v) is 7.35. The average Bonchev–Trinajstić information content (AvgIpc) is 3.23. The zero-order chi connectivity index (χ0) is 21.1. The summed E-state index contributed by atoms with van der Waals surface area (Å²) in [5.41, 5.74) is 4.38. The Balaban J connectivity index is 1.65. The fourth-order valence-corrected chi connectivity index (χ4v) is 3.77. The molecule has 7 heteroatoms. The number of esters is 1. The Labute approximate surface area is 180 Å². The molecule has 6 nitrogen and oxygen atoms in total. The summed E-state index contributed by atoms with van der Waals surface area (Å²) in [6.07, 6.45) is 2.90. The van der Waals surface area contributed by atoms with Crippen molar-refractivity contribution in [3.8, 4) is 17.1 Å². The van der Waals surface area contributed by atoms with Gasteiger partial charge in [0.05, 0.1) is 24.3 Å². The molecule has 0 bridgehead atoms. The number of anilines is 2. The van der Waals surface area contributed by atoms with Gasteiger partial charge in [0.15, 0.2) is 5.82 Å². The molecule has 0 saturated carbocycles. The third-order valence-corrected chi connectivity index (χ3v) is 5.30. The van der Waals surface area contributed by atoms with Gasteiger partial charge in [-0.05, 0) is 68.7 Å². The SMILES string of the molecule is CCOC(=O)c1ccc(Nc2nc(-c3ccc(OC)c(Cl)c3)nc3c2CCC3)cc1. The van der Waals surface area contributed by atoms with Gasteiger partial charge < -0.3 is 14.8 Å². The molecule has 0 radical (unpaired) electrons. The van der Waals surface area contributed by atoms with Gasteiger partial charge >= 0.3 is 5.97 Å². The summed E-state index contributed by atoms with van der Waals surface area (Å²) in [6.45, 7) is 2.14. The Morgan fingerprint density at radius 1 is 1.13 bits per heavy atom. The van der Waals surface area contributed by atoms with Crippen molar-refractivity contribution in [2.75, 3.05) is 19.0 Å². The second-order valence-electron chi connectivity index (χ2n) is 6.95. The predicted octanol–water partition coefficient (Wildman–Crippen LogP) is 5.21. The first-order valence-electron chi connectivity index (χ1n) is 9.87. The van der Waals surface area contributed by atoms with Crippen LogP contribution >= 0.6 is 11.6 Å². The Bertz CT molecular complexity index is 1080. The molecular weight excluding hydrogens is 402 g/mol. The third-order valence-electron chi connectivity index (χ3n) is 5.00. The highest BCUT2D eigenvalue weighted by Gasteiger charge is 2.20. The molecule has 0 saturated heterocycles. The van der Waals surface area contributed by atoms with Crippen molar-refractivity contribution in [3.63, 3.8) is 0 Å². The molecule has 0 amide bonds. The lowest BCUT2D eigenvalue weighted by atomic mass is 10.1. The summed E-state index contributed by atoms with van der Waals surface area (Å²) in [7, 11) is 1.59. The lowest BCUT2D eigenvalue weighted by Gasteiger charge is -2.13. The summed E-state index contributed by atoms with van der Waals surface area (Å²) in [5.74, 6) is 1.68. The quantitative estimate of drug-likeness (QED) is 0.548. The van der Waals surface area contributed by atoms with E-state index in [1.807, 2.05) is 30.3 Å². The van der Waals surface area contributed by atoms with E-state index in [0.29, 0.717) is 28.8 Å². The molecule has 154 valence electrons. The van der Waals surface area contributed by atoms with Crippen molar-refractivity contribution >= 4 is 29.1 Å². The van der Waals surface area contributed by atoms with Crippen LogP contribution in [0.5, 0.6) is 5.75 Å². The van der Waals surface area contributed by atoms with E-state index in [1.165, 1.54) is 0 Å². The molecule has 1 aromatic heterocycles. The Morgan fingerprint density at radius 3 is 2.63 bits per heavy atom. The lowest BCUT2D eigenvalue weighted by molar-refractivity contribution is 0.0526. The number of rotatable bonds is 6. The first-order chi connectivity index (χ1) is 14.6. The highest BCUT2D eigenvalue weighted by atomic mass is 35.5. The zero-order valence-electron chi connectivity index (χ0n) is 16.9. The standard InChI is InChI=1S/C23H22ClN3O3/c1-3-30-23(28)14-7-10-16(11-8-14)25-22-17-5-4-6-19(17)26-21(27-22)15-9-12-20(29-2)18(24)13-15/h7-13H,3-6H2,1-2H3,(H,25,26,27). The maximum atomic E-state index is 11.9. The van der Waals surface area contributed by atoms with Gasteiger partial charge in [-0.3, -0.25) is 0 Å². The van der Waals surface area contributed by atoms with Crippen molar-refractivity contribution in [1.29, 1.82) is 0 Å². The van der Waals surface area contributed by atoms with E-state index in [-0.39, 0.29) is 5.97 Å². The van der Waals surface area contributed by atoms with Crippen LogP contribution in [0.1, 0.15) is 35.0 Å². The van der Waals surface area contributed by atoms with Crippen LogP contribution in [0.2, 0.25) is 5.02 Å². The molecule has 3 aromatic rings. The van der Waals surface area contributed by atoms with E-state index in [4.69, 9.17) is 31.0 Å². The molecule has 1 heterocycles. The normalized spacial score (nSPS) is 12.4. The number of benzene rings is 2. The summed E-state index contributed by atoms with van der Waals surface area (Å²) < 4.78 is 10.3. The predicted molar refractivity (Wildman–Crippen MR) is 117 cm³/mol. The summed E-state index contributed by atoms with van der Waals surface area (Å²) >= 11 is 6.30. The topological polar surface area (TPSA) is 73.3 Å². The molecule has 0 spiro atoms. The molecule has 1 N–H and O–H groups in total. The highest BCUT2D eigenvalue weighted by Crippen LogP contribution is 2.33. The van der Waals surface area contributed by atoms with Crippen LogP contribution in [0.25, 0.3) is 11.4 Å². The van der Waals surface area contributed by atoms with E-state index in [0.717, 1.165) is 47.6 Å². The minimum absolute atomic E-state index is 0.328. The van der Waals surface area contributed by atoms with Crippen LogP contribution in [0.3, 0.4) is 0 Å². The Kier molecular flexibility index (Phi) is 5.86. The number of nitrogens with one attached hydrogen (secondary N) is 1. The number of aryl methyl sites for hydroxylation is 1. The van der Waals surface area contributed by atoms with Crippen LogP contribution in [0.15, 0.2) is 42.5 Å². The fraction of sp³-hybridized carbons (Fsp3) is 0.261. The number of hydrogen-bond donors (Lipinski definition) is 1. The van der Waals surface area contributed by atoms with Crippen molar-refractivity contribution in [3.05, 3.63) is 64.3 Å². The third kappa shape index (κ3) is 4.09. The monoisotopic (exact) mass is 423 g/mol. The molecule has 0 unspecified atom stereocenters. The summed E-state index contributed by atoms with van der Waals surface area (Å²) in [5, 5.41) is 3.91. The minimum Gasteiger partial charge on any atom is -0.495 e. The second kappa shape index (κ2) is 8.71. The maximum absolute atomic E-state index is 11.9. The Morgan fingerprint density at radius 2 is 1.93 bits per heavy atom. The molecule has 0 aliphatic heterocycles. The number of ether oxygens (including phenoxy) is 2. The van der Waals surface area contributed by atoms with Crippen LogP contribution in [-0.4, -0.2) is 29.7 Å². The van der Waals surface area contributed by atoms with E-state index < -0.39 is 0 Å². The van der Waals surface area contributed by atoms with Crippen molar-refractivity contribution in [1.82, 2.24) is 9.97 Å². The number of carbonyl (C=O) groups excluding carboxylic acids is 1. The number of hydrogen-bond acceptors (Lipinski definition) is 6. The van der Waals surface area contributed by atoms with Gasteiger partial charge in [0, 0.05) is 22.5 Å². The molecule has 0 atom stereocenters. The van der Waals surface area contributed by atoms with E-state index in [9.17, 15) is 4.79 Å². The highest BCUT2D eigenvalue weighted by molar-refractivity contribution is 6.32. The number of methoxy groups -OCH3 is 1. The van der Waals surface area contributed by atoms with Gasteiger partial charge in [0.2, 0.25) is 0 Å². The van der Waals surface area contributed by atoms with Gasteiger partial charge in [-0.2, -0.15) is 0 Å². The molecule has 4 rings (SSSR count). The van der Waals surface area contributed by atoms with Crippen LogP contribution < -0.4 is 10.1 Å². The molecule has 2 aromatic carbocycles. The van der Waals surface area contributed by atoms with Crippen molar-refractivity contribution in [2.24, 2.45) is 0 Å². The van der Waals surface area contributed by atoms with E-state index in [1.54, 1.807) is 26.2 Å². The van der Waals surface area contributed by atoms with Crippen LogP contribution in [-0.2, 0) is 17.6 Å². The molecule has 1 aliphatic rings. The Hall–Kier alpha value is -3.12. The molecule has 30 heavy (non-hydrogen) atoms. The minimum atomic E-state index is -0.328. The van der Waals surface area contributed by atoms with Gasteiger partial charge in [-0.15, -0.1) is 0 Å². The van der Waals surface area contributed by atoms with Gasteiger partial charge in [0.25, 0.3) is 0 Å².